The summed E-state index contributed by atoms with van der Waals surface area (Å²) in [6, 6.07) is 0.814. The molecule has 1 nitrogen and oxygen atoms in total. The fourth-order valence-electron chi connectivity index (χ4n) is 1.62. The van der Waals surface area contributed by atoms with E-state index in [9.17, 15) is 0 Å². The van der Waals surface area contributed by atoms with Crippen LogP contribution in [0.5, 0.6) is 0 Å². The summed E-state index contributed by atoms with van der Waals surface area (Å²) >= 11 is 0. The van der Waals surface area contributed by atoms with E-state index in [4.69, 9.17) is 0 Å². The minimum absolute atomic E-state index is 0.814. The van der Waals surface area contributed by atoms with Crippen molar-refractivity contribution in [1.82, 2.24) is 5.32 Å². The van der Waals surface area contributed by atoms with Crippen LogP contribution in [0.1, 0.15) is 39.0 Å². The van der Waals surface area contributed by atoms with Gasteiger partial charge in [0, 0.05) is 6.04 Å². The molecule has 0 aromatic heterocycles. The molecule has 1 heteroatoms. The topological polar surface area (TPSA) is 12.0 Å². The zero-order valence-corrected chi connectivity index (χ0v) is 7.53. The van der Waals surface area contributed by atoms with Gasteiger partial charge in [-0.15, -0.1) is 6.58 Å². The molecular formula is C10H19N. The Morgan fingerprint density at radius 2 is 2.09 bits per heavy atom. The van der Waals surface area contributed by atoms with Crippen molar-refractivity contribution in [2.75, 3.05) is 6.54 Å². The van der Waals surface area contributed by atoms with E-state index >= 15 is 0 Å². The van der Waals surface area contributed by atoms with E-state index < -0.39 is 0 Å². The van der Waals surface area contributed by atoms with Crippen LogP contribution >= 0.6 is 0 Å². The highest BCUT2D eigenvalue weighted by molar-refractivity contribution is 4.89. The predicted molar refractivity (Wildman–Crippen MR) is 49.7 cm³/mol. The van der Waals surface area contributed by atoms with E-state index in [1.165, 1.54) is 31.3 Å². The second-order valence-electron chi connectivity index (χ2n) is 3.64. The highest BCUT2D eigenvalue weighted by Gasteiger charge is 2.12. The predicted octanol–water partition coefficient (Wildman–Crippen LogP) is 2.48. The van der Waals surface area contributed by atoms with Crippen molar-refractivity contribution in [2.45, 2.75) is 45.1 Å². The normalized spacial score (nSPS) is 19.0. The Kier molecular flexibility index (Phi) is 3.64. The Hall–Kier alpha value is -0.300. The van der Waals surface area contributed by atoms with E-state index in [-0.39, 0.29) is 0 Å². The van der Waals surface area contributed by atoms with Gasteiger partial charge in [0.2, 0.25) is 0 Å². The SMILES string of the molecule is C=C(C)CCNC1CCCC1. The molecule has 64 valence electrons. The molecule has 1 saturated carbocycles. The van der Waals surface area contributed by atoms with Gasteiger partial charge in [0.05, 0.1) is 0 Å². The summed E-state index contributed by atoms with van der Waals surface area (Å²) in [5.74, 6) is 0. The Labute approximate surface area is 69.9 Å². The van der Waals surface area contributed by atoms with Crippen LogP contribution in [-0.4, -0.2) is 12.6 Å². The van der Waals surface area contributed by atoms with Crippen LogP contribution in [0.2, 0.25) is 0 Å². The van der Waals surface area contributed by atoms with Crippen molar-refractivity contribution in [3.63, 3.8) is 0 Å². The fourth-order valence-corrected chi connectivity index (χ4v) is 1.62. The number of nitrogens with one attached hydrogen (secondary N) is 1. The molecule has 0 saturated heterocycles. The lowest BCUT2D eigenvalue weighted by atomic mass is 10.2. The Balaban J connectivity index is 1.98. The molecule has 0 bridgehead atoms. The molecule has 0 aromatic carbocycles. The van der Waals surface area contributed by atoms with Gasteiger partial charge in [-0.05, 0) is 32.7 Å². The minimum Gasteiger partial charge on any atom is -0.314 e. The third-order valence-electron chi connectivity index (χ3n) is 2.34. The second-order valence-corrected chi connectivity index (χ2v) is 3.64. The summed E-state index contributed by atoms with van der Waals surface area (Å²) in [5, 5.41) is 3.55. The van der Waals surface area contributed by atoms with Crippen LogP contribution in [0.4, 0.5) is 0 Å². The summed E-state index contributed by atoms with van der Waals surface area (Å²) in [6.45, 7) is 7.10. The van der Waals surface area contributed by atoms with Gasteiger partial charge in [-0.1, -0.05) is 18.4 Å². The van der Waals surface area contributed by atoms with Gasteiger partial charge in [0.1, 0.15) is 0 Å². The van der Waals surface area contributed by atoms with Gasteiger partial charge in [0.25, 0.3) is 0 Å². The molecule has 0 heterocycles. The number of rotatable bonds is 4. The van der Waals surface area contributed by atoms with Crippen LogP contribution in [0.15, 0.2) is 12.2 Å². The molecular weight excluding hydrogens is 134 g/mol. The van der Waals surface area contributed by atoms with Crippen molar-refractivity contribution in [3.05, 3.63) is 12.2 Å². The largest absolute Gasteiger partial charge is 0.314 e. The molecule has 1 fully saturated rings. The van der Waals surface area contributed by atoms with E-state index in [2.05, 4.69) is 18.8 Å². The molecule has 11 heavy (non-hydrogen) atoms. The zero-order chi connectivity index (χ0) is 8.10. The van der Waals surface area contributed by atoms with Crippen molar-refractivity contribution < 1.29 is 0 Å². The highest BCUT2D eigenvalue weighted by atomic mass is 14.9. The Morgan fingerprint density at radius 1 is 1.45 bits per heavy atom. The maximum atomic E-state index is 3.88. The first-order chi connectivity index (χ1) is 5.29. The molecule has 0 aromatic rings. The second kappa shape index (κ2) is 4.55. The van der Waals surface area contributed by atoms with Crippen molar-refractivity contribution >= 4 is 0 Å². The molecule has 1 aliphatic rings. The maximum Gasteiger partial charge on any atom is 0.00671 e. The third-order valence-corrected chi connectivity index (χ3v) is 2.34. The Bertz CT molecular complexity index is 123. The van der Waals surface area contributed by atoms with E-state index in [0.29, 0.717) is 0 Å². The van der Waals surface area contributed by atoms with Gasteiger partial charge < -0.3 is 5.32 Å². The summed E-state index contributed by atoms with van der Waals surface area (Å²) < 4.78 is 0. The van der Waals surface area contributed by atoms with Crippen LogP contribution in [0.25, 0.3) is 0 Å². The maximum absolute atomic E-state index is 3.88. The average molecular weight is 153 g/mol. The van der Waals surface area contributed by atoms with Gasteiger partial charge >= 0.3 is 0 Å². The van der Waals surface area contributed by atoms with Crippen molar-refractivity contribution in [2.24, 2.45) is 0 Å². The van der Waals surface area contributed by atoms with Crippen LogP contribution in [-0.2, 0) is 0 Å². The molecule has 1 rings (SSSR count). The van der Waals surface area contributed by atoms with E-state index in [1.807, 2.05) is 0 Å². The molecule has 0 spiro atoms. The lowest BCUT2D eigenvalue weighted by Gasteiger charge is -2.10. The Morgan fingerprint density at radius 3 is 2.64 bits per heavy atom. The number of hydrogen-bond acceptors (Lipinski definition) is 1. The fraction of sp³-hybridized carbons (Fsp3) is 0.800. The molecule has 0 amide bonds. The summed E-state index contributed by atoms with van der Waals surface area (Å²) in [4.78, 5) is 0. The summed E-state index contributed by atoms with van der Waals surface area (Å²) in [6.07, 6.45) is 6.75. The molecule has 1 N–H and O–H groups in total. The lowest BCUT2D eigenvalue weighted by Crippen LogP contribution is -2.26. The van der Waals surface area contributed by atoms with Crippen LogP contribution in [0.3, 0.4) is 0 Å². The van der Waals surface area contributed by atoms with Crippen LogP contribution in [0, 0.1) is 0 Å². The summed E-state index contributed by atoms with van der Waals surface area (Å²) in [7, 11) is 0. The lowest BCUT2D eigenvalue weighted by molar-refractivity contribution is 0.527. The molecule has 0 atom stereocenters. The van der Waals surface area contributed by atoms with Gasteiger partial charge in [0.15, 0.2) is 0 Å². The van der Waals surface area contributed by atoms with Crippen molar-refractivity contribution in [3.8, 4) is 0 Å². The first kappa shape index (κ1) is 8.79. The number of hydrogen-bond donors (Lipinski definition) is 1. The molecule has 0 aliphatic heterocycles. The van der Waals surface area contributed by atoms with Crippen LogP contribution < -0.4 is 5.32 Å². The van der Waals surface area contributed by atoms with E-state index in [0.717, 1.165) is 19.0 Å². The van der Waals surface area contributed by atoms with Gasteiger partial charge in [-0.3, -0.25) is 0 Å². The summed E-state index contributed by atoms with van der Waals surface area (Å²) in [5.41, 5.74) is 1.29. The van der Waals surface area contributed by atoms with Crippen molar-refractivity contribution in [1.29, 1.82) is 0 Å². The highest BCUT2D eigenvalue weighted by Crippen LogP contribution is 2.17. The zero-order valence-electron chi connectivity index (χ0n) is 7.53. The quantitative estimate of drug-likeness (QED) is 0.612. The first-order valence-electron chi connectivity index (χ1n) is 4.67. The monoisotopic (exact) mass is 153 g/mol. The van der Waals surface area contributed by atoms with Gasteiger partial charge in [-0.2, -0.15) is 0 Å². The standard InChI is InChI=1S/C10H19N/c1-9(2)7-8-11-10-5-3-4-6-10/h10-11H,1,3-8H2,2H3. The molecule has 1 aliphatic carbocycles. The molecule has 0 unspecified atom stereocenters. The van der Waals surface area contributed by atoms with Gasteiger partial charge in [-0.25, -0.2) is 0 Å². The third kappa shape index (κ3) is 3.57. The minimum atomic E-state index is 0.814. The smallest absolute Gasteiger partial charge is 0.00671 e. The molecule has 0 radical (unpaired) electrons. The first-order valence-corrected chi connectivity index (χ1v) is 4.67. The van der Waals surface area contributed by atoms with E-state index in [1.54, 1.807) is 0 Å². The average Bonchev–Trinajstić information content (AvgIpc) is 2.39.